The summed E-state index contributed by atoms with van der Waals surface area (Å²) in [5.74, 6) is 0.701. The van der Waals surface area contributed by atoms with Gasteiger partial charge in [0.25, 0.3) is 0 Å². The lowest BCUT2D eigenvalue weighted by Crippen LogP contribution is -2.29. The van der Waals surface area contributed by atoms with Crippen molar-refractivity contribution in [3.8, 4) is 5.75 Å². The lowest BCUT2D eigenvalue weighted by atomic mass is 10.3. The summed E-state index contributed by atoms with van der Waals surface area (Å²) in [6.45, 7) is 2.31. The van der Waals surface area contributed by atoms with Gasteiger partial charge in [0.1, 0.15) is 18.5 Å². The summed E-state index contributed by atoms with van der Waals surface area (Å²) in [6, 6.07) is 9.24. The number of nitrogens with one attached hydrogen (secondary N) is 1. The number of rotatable bonds is 5. The number of alkyl carbamates (subject to hydrolysis) is 1. The van der Waals surface area contributed by atoms with E-state index in [0.717, 1.165) is 0 Å². The molecule has 0 saturated carbocycles. The number of hydrogen-bond donors (Lipinski definition) is 1. The van der Waals surface area contributed by atoms with Gasteiger partial charge < -0.3 is 14.2 Å². The third kappa shape index (κ3) is 3.96. The maximum atomic E-state index is 11.2. The molecule has 1 heterocycles. The molecule has 0 spiro atoms. The fourth-order valence-electron chi connectivity index (χ4n) is 1.31. The molecule has 5 heteroatoms. The molecule has 1 N–H and O–H groups in total. The molecule has 1 aromatic carbocycles. The maximum Gasteiger partial charge on any atom is 0.409 e. The molecule has 1 amide bonds. The van der Waals surface area contributed by atoms with E-state index in [0.29, 0.717) is 12.4 Å². The van der Waals surface area contributed by atoms with Crippen LogP contribution in [0.3, 0.4) is 0 Å². The van der Waals surface area contributed by atoms with Crippen LogP contribution in [0.5, 0.6) is 5.75 Å². The van der Waals surface area contributed by atoms with E-state index in [9.17, 15) is 4.79 Å². The average Bonchev–Trinajstić information content (AvgIpc) is 3.04. The molecule has 1 fully saturated rings. The van der Waals surface area contributed by atoms with Gasteiger partial charge in [-0.3, -0.25) is 5.32 Å². The van der Waals surface area contributed by atoms with Gasteiger partial charge in [0, 0.05) is 0 Å². The van der Waals surface area contributed by atoms with E-state index in [1.54, 1.807) is 0 Å². The molecular weight excluding hydrogens is 222 g/mol. The first-order chi connectivity index (χ1) is 8.25. The van der Waals surface area contributed by atoms with E-state index in [2.05, 4.69) is 5.32 Å². The smallest absolute Gasteiger partial charge is 0.409 e. The zero-order chi connectivity index (χ0) is 12.1. The SMILES string of the molecule is C[C@H]1O[C@H]1COC(=O)NCOc1ccccc1. The number of benzene rings is 1. The molecule has 0 bridgehead atoms. The quantitative estimate of drug-likeness (QED) is 0.623. The predicted molar refractivity (Wildman–Crippen MR) is 60.8 cm³/mol. The van der Waals surface area contributed by atoms with Gasteiger partial charge in [-0.2, -0.15) is 0 Å². The average molecular weight is 237 g/mol. The minimum atomic E-state index is -0.497. The number of epoxide rings is 1. The second-order valence-electron chi connectivity index (χ2n) is 3.76. The van der Waals surface area contributed by atoms with Gasteiger partial charge in [-0.1, -0.05) is 18.2 Å². The molecule has 0 unspecified atom stereocenters. The minimum absolute atomic E-state index is 0.0517. The molecule has 0 aromatic heterocycles. The van der Waals surface area contributed by atoms with Gasteiger partial charge in [-0.15, -0.1) is 0 Å². The highest BCUT2D eigenvalue weighted by molar-refractivity contribution is 5.66. The van der Waals surface area contributed by atoms with Crippen LogP contribution >= 0.6 is 0 Å². The van der Waals surface area contributed by atoms with Gasteiger partial charge in [-0.25, -0.2) is 4.79 Å². The van der Waals surface area contributed by atoms with E-state index >= 15 is 0 Å². The molecule has 2 atom stereocenters. The highest BCUT2D eigenvalue weighted by atomic mass is 16.6. The zero-order valence-electron chi connectivity index (χ0n) is 9.59. The highest BCUT2D eigenvalue weighted by Gasteiger charge is 2.35. The fourth-order valence-corrected chi connectivity index (χ4v) is 1.31. The van der Waals surface area contributed by atoms with Gasteiger partial charge in [0.2, 0.25) is 0 Å². The van der Waals surface area contributed by atoms with Crippen molar-refractivity contribution in [1.82, 2.24) is 5.32 Å². The molecule has 92 valence electrons. The van der Waals surface area contributed by atoms with Crippen LogP contribution in [0.4, 0.5) is 4.79 Å². The van der Waals surface area contributed by atoms with Crippen molar-refractivity contribution in [1.29, 1.82) is 0 Å². The Morgan fingerprint density at radius 1 is 1.41 bits per heavy atom. The summed E-state index contributed by atoms with van der Waals surface area (Å²) < 4.78 is 15.3. The van der Waals surface area contributed by atoms with Crippen LogP contribution in [-0.2, 0) is 9.47 Å². The molecule has 1 aliphatic heterocycles. The van der Waals surface area contributed by atoms with E-state index in [4.69, 9.17) is 14.2 Å². The van der Waals surface area contributed by atoms with E-state index in [-0.39, 0.29) is 18.9 Å². The van der Waals surface area contributed by atoms with Crippen molar-refractivity contribution >= 4 is 6.09 Å². The number of amides is 1. The summed E-state index contributed by atoms with van der Waals surface area (Å²) in [6.07, 6.45) is -0.247. The van der Waals surface area contributed by atoms with Crippen molar-refractivity contribution in [2.45, 2.75) is 19.1 Å². The number of ether oxygens (including phenoxy) is 3. The Labute approximate surface area is 99.7 Å². The number of hydrogen-bond acceptors (Lipinski definition) is 4. The summed E-state index contributed by atoms with van der Waals surface area (Å²) in [5.41, 5.74) is 0. The molecule has 0 radical (unpaired) electrons. The van der Waals surface area contributed by atoms with Gasteiger partial charge in [0.05, 0.1) is 6.10 Å². The number of carbonyl (C=O) groups excluding carboxylic acids is 1. The predicted octanol–water partition coefficient (Wildman–Crippen LogP) is 1.54. The molecule has 0 aliphatic carbocycles. The molecule has 1 saturated heterocycles. The van der Waals surface area contributed by atoms with Crippen LogP contribution in [0.2, 0.25) is 0 Å². The van der Waals surface area contributed by atoms with Crippen LogP contribution < -0.4 is 10.1 Å². The van der Waals surface area contributed by atoms with Crippen molar-refractivity contribution in [2.24, 2.45) is 0 Å². The van der Waals surface area contributed by atoms with Crippen LogP contribution in [-0.4, -0.2) is 31.6 Å². The first-order valence-corrected chi connectivity index (χ1v) is 5.49. The Morgan fingerprint density at radius 2 is 2.12 bits per heavy atom. The summed E-state index contributed by atoms with van der Waals surface area (Å²) >= 11 is 0. The number of para-hydroxylation sites is 1. The standard InChI is InChI=1S/C12H15NO4/c1-9-11(17-9)7-15-12(14)13-8-16-10-5-3-2-4-6-10/h2-6,9,11H,7-8H2,1H3,(H,13,14)/t9-,11+/m1/s1. The van der Waals surface area contributed by atoms with Crippen molar-refractivity contribution in [3.63, 3.8) is 0 Å². The second-order valence-corrected chi connectivity index (χ2v) is 3.76. The minimum Gasteiger partial charge on any atom is -0.473 e. The third-order valence-corrected chi connectivity index (χ3v) is 2.41. The van der Waals surface area contributed by atoms with Crippen molar-refractivity contribution in [3.05, 3.63) is 30.3 Å². The summed E-state index contributed by atoms with van der Waals surface area (Å²) in [4.78, 5) is 11.2. The lowest BCUT2D eigenvalue weighted by Gasteiger charge is -2.07. The molecular formula is C12H15NO4. The maximum absolute atomic E-state index is 11.2. The number of carbonyl (C=O) groups is 1. The Bertz CT molecular complexity index is 368. The summed E-state index contributed by atoms with van der Waals surface area (Å²) in [7, 11) is 0. The van der Waals surface area contributed by atoms with Crippen molar-refractivity contribution < 1.29 is 19.0 Å². The van der Waals surface area contributed by atoms with Crippen LogP contribution in [0.1, 0.15) is 6.92 Å². The Hall–Kier alpha value is -1.75. The molecule has 1 aromatic rings. The molecule has 1 aliphatic rings. The monoisotopic (exact) mass is 237 g/mol. The fraction of sp³-hybridized carbons (Fsp3) is 0.417. The van der Waals surface area contributed by atoms with Crippen LogP contribution in [0.15, 0.2) is 30.3 Å². The van der Waals surface area contributed by atoms with E-state index in [1.165, 1.54) is 0 Å². The second kappa shape index (κ2) is 5.54. The Morgan fingerprint density at radius 3 is 2.76 bits per heavy atom. The lowest BCUT2D eigenvalue weighted by molar-refractivity contribution is 0.127. The van der Waals surface area contributed by atoms with E-state index < -0.39 is 6.09 Å². The third-order valence-electron chi connectivity index (χ3n) is 2.41. The van der Waals surface area contributed by atoms with Gasteiger partial charge in [0.15, 0.2) is 6.73 Å². The van der Waals surface area contributed by atoms with Crippen LogP contribution in [0, 0.1) is 0 Å². The summed E-state index contributed by atoms with van der Waals surface area (Å²) in [5, 5.41) is 2.49. The van der Waals surface area contributed by atoms with E-state index in [1.807, 2.05) is 37.3 Å². The topological polar surface area (TPSA) is 60.1 Å². The highest BCUT2D eigenvalue weighted by Crippen LogP contribution is 2.20. The molecule has 2 rings (SSSR count). The van der Waals surface area contributed by atoms with Crippen molar-refractivity contribution in [2.75, 3.05) is 13.3 Å². The van der Waals surface area contributed by atoms with Gasteiger partial charge in [-0.05, 0) is 19.1 Å². The first kappa shape index (κ1) is 11.7. The molecule has 5 nitrogen and oxygen atoms in total. The molecule has 17 heavy (non-hydrogen) atoms. The Kier molecular flexibility index (Phi) is 3.82. The normalized spacial score (nSPS) is 21.7. The van der Waals surface area contributed by atoms with Gasteiger partial charge >= 0.3 is 6.09 Å². The Balaban J connectivity index is 1.57. The van der Waals surface area contributed by atoms with Crippen LogP contribution in [0.25, 0.3) is 0 Å². The first-order valence-electron chi connectivity index (χ1n) is 5.49. The largest absolute Gasteiger partial charge is 0.473 e. The zero-order valence-corrected chi connectivity index (χ0v) is 9.59.